The zero-order chi connectivity index (χ0) is 7.68. The van der Waals surface area contributed by atoms with Crippen molar-refractivity contribution >= 4 is 22.5 Å². The van der Waals surface area contributed by atoms with Crippen molar-refractivity contribution in [2.45, 2.75) is 0 Å². The zero-order valence-electron chi connectivity index (χ0n) is 5.84. The Labute approximate surface area is 69.6 Å². The van der Waals surface area contributed by atoms with Crippen LogP contribution in [0, 0.1) is 0 Å². The number of nitrogens with one attached hydrogen (secondary N) is 1. The second-order valence-electron chi connectivity index (χ2n) is 2.40. The highest BCUT2D eigenvalue weighted by molar-refractivity contribution is 6.31. The molecule has 2 heteroatoms. The fourth-order valence-corrected chi connectivity index (χ4v) is 1.26. The van der Waals surface area contributed by atoms with Gasteiger partial charge in [0.15, 0.2) is 6.20 Å². The van der Waals surface area contributed by atoms with Crippen LogP contribution in [0.2, 0.25) is 5.02 Å². The molecule has 0 aliphatic heterocycles. The van der Waals surface area contributed by atoms with E-state index in [1.807, 2.05) is 36.5 Å². The fourth-order valence-electron chi connectivity index (χ4n) is 1.09. The third-order valence-electron chi connectivity index (χ3n) is 1.63. The van der Waals surface area contributed by atoms with E-state index in [-0.39, 0.29) is 0 Å². The molecule has 2 aromatic rings. The Morgan fingerprint density at radius 1 is 1.18 bits per heavy atom. The summed E-state index contributed by atoms with van der Waals surface area (Å²) in [5, 5.41) is 1.94. The average molecular weight is 165 g/mol. The molecule has 0 aliphatic carbocycles. The number of pyridine rings is 1. The van der Waals surface area contributed by atoms with Crippen molar-refractivity contribution in [2.75, 3.05) is 0 Å². The van der Waals surface area contributed by atoms with E-state index in [9.17, 15) is 0 Å². The van der Waals surface area contributed by atoms with Gasteiger partial charge in [0.1, 0.15) is 0 Å². The summed E-state index contributed by atoms with van der Waals surface area (Å²) in [5.41, 5.74) is 1.07. The Bertz CT molecular complexity index is 384. The molecular weight excluding hydrogens is 158 g/mol. The van der Waals surface area contributed by atoms with Crippen molar-refractivity contribution in [3.05, 3.63) is 41.6 Å². The summed E-state index contributed by atoms with van der Waals surface area (Å²) >= 11 is 5.80. The minimum Gasteiger partial charge on any atom is -0.211 e. The van der Waals surface area contributed by atoms with Crippen LogP contribution in [0.15, 0.2) is 36.5 Å². The summed E-state index contributed by atoms with van der Waals surface area (Å²) in [7, 11) is 0. The largest absolute Gasteiger partial charge is 0.212 e. The summed E-state index contributed by atoms with van der Waals surface area (Å²) in [6, 6.07) is 9.81. The maximum absolute atomic E-state index is 5.80. The van der Waals surface area contributed by atoms with Crippen LogP contribution >= 0.6 is 11.6 Å². The van der Waals surface area contributed by atoms with Gasteiger partial charge in [0.2, 0.25) is 5.52 Å². The van der Waals surface area contributed by atoms with Crippen LogP contribution in [-0.4, -0.2) is 0 Å². The highest BCUT2D eigenvalue weighted by Crippen LogP contribution is 2.14. The first kappa shape index (κ1) is 6.62. The lowest BCUT2D eigenvalue weighted by Gasteiger charge is -1.89. The van der Waals surface area contributed by atoms with Crippen molar-refractivity contribution in [1.29, 1.82) is 0 Å². The highest BCUT2D eigenvalue weighted by Gasteiger charge is 1.97. The first-order valence-electron chi connectivity index (χ1n) is 3.42. The van der Waals surface area contributed by atoms with Gasteiger partial charge in [-0.3, -0.25) is 0 Å². The molecule has 0 radical (unpaired) electrons. The van der Waals surface area contributed by atoms with E-state index in [1.165, 1.54) is 5.39 Å². The summed E-state index contributed by atoms with van der Waals surface area (Å²) in [6.07, 6.45) is 1.89. The van der Waals surface area contributed by atoms with E-state index in [0.717, 1.165) is 10.5 Å². The van der Waals surface area contributed by atoms with E-state index in [1.54, 1.807) is 0 Å². The van der Waals surface area contributed by atoms with Crippen LogP contribution in [0.5, 0.6) is 0 Å². The molecule has 0 fully saturated rings. The average Bonchev–Trinajstić information content (AvgIpc) is 2.04. The summed E-state index contributed by atoms with van der Waals surface area (Å²) in [5.74, 6) is 0. The van der Waals surface area contributed by atoms with Gasteiger partial charge < -0.3 is 0 Å². The SMILES string of the molecule is Clc1ccc2ccc[nH+]c2c1. The molecule has 1 N–H and O–H groups in total. The second kappa shape index (κ2) is 2.51. The van der Waals surface area contributed by atoms with Gasteiger partial charge in [0.25, 0.3) is 0 Å². The predicted octanol–water partition coefficient (Wildman–Crippen LogP) is 2.31. The van der Waals surface area contributed by atoms with Gasteiger partial charge in [-0.25, -0.2) is 4.98 Å². The van der Waals surface area contributed by atoms with Crippen LogP contribution in [-0.2, 0) is 0 Å². The third kappa shape index (κ3) is 1.19. The molecule has 0 spiro atoms. The number of halogens is 1. The highest BCUT2D eigenvalue weighted by atomic mass is 35.5. The Morgan fingerprint density at radius 3 is 3.00 bits per heavy atom. The van der Waals surface area contributed by atoms with Crippen LogP contribution in [0.1, 0.15) is 0 Å². The Morgan fingerprint density at radius 2 is 2.09 bits per heavy atom. The summed E-state index contributed by atoms with van der Waals surface area (Å²) in [6.45, 7) is 0. The monoisotopic (exact) mass is 164 g/mol. The smallest absolute Gasteiger partial charge is 0.211 e. The normalized spacial score (nSPS) is 10.3. The molecule has 0 saturated heterocycles. The van der Waals surface area contributed by atoms with Gasteiger partial charge in [0, 0.05) is 22.5 Å². The fraction of sp³-hybridized carbons (Fsp3) is 0. The Kier molecular flexibility index (Phi) is 1.51. The van der Waals surface area contributed by atoms with Gasteiger partial charge in [0.05, 0.1) is 0 Å². The lowest BCUT2D eigenvalue weighted by molar-refractivity contribution is -0.344. The van der Waals surface area contributed by atoms with Gasteiger partial charge in [-0.2, -0.15) is 0 Å². The molecule has 0 amide bonds. The van der Waals surface area contributed by atoms with Crippen molar-refractivity contribution in [3.8, 4) is 0 Å². The van der Waals surface area contributed by atoms with E-state index in [0.29, 0.717) is 0 Å². The molecule has 11 heavy (non-hydrogen) atoms. The van der Waals surface area contributed by atoms with E-state index >= 15 is 0 Å². The number of fused-ring (bicyclic) bond motifs is 1. The number of benzene rings is 1. The maximum Gasteiger partial charge on any atom is 0.212 e. The van der Waals surface area contributed by atoms with Gasteiger partial charge in [-0.05, 0) is 18.2 Å². The molecule has 1 aromatic heterocycles. The molecular formula is C9H7ClN+. The number of hydrogen-bond acceptors (Lipinski definition) is 0. The Hall–Kier alpha value is -1.08. The zero-order valence-corrected chi connectivity index (χ0v) is 6.60. The molecule has 0 unspecified atom stereocenters. The van der Waals surface area contributed by atoms with Crippen LogP contribution < -0.4 is 4.98 Å². The number of aromatic amines is 1. The van der Waals surface area contributed by atoms with E-state index in [2.05, 4.69) is 4.98 Å². The van der Waals surface area contributed by atoms with E-state index < -0.39 is 0 Å². The number of H-pyrrole nitrogens is 1. The quantitative estimate of drug-likeness (QED) is 0.568. The lowest BCUT2D eigenvalue weighted by Crippen LogP contribution is -2.00. The van der Waals surface area contributed by atoms with Crippen LogP contribution in [0.3, 0.4) is 0 Å². The lowest BCUT2D eigenvalue weighted by atomic mass is 10.2. The second-order valence-corrected chi connectivity index (χ2v) is 2.84. The minimum absolute atomic E-state index is 0.764. The van der Waals surface area contributed by atoms with Gasteiger partial charge in [-0.1, -0.05) is 11.6 Å². The molecule has 0 bridgehead atoms. The number of aromatic nitrogens is 1. The minimum atomic E-state index is 0.764. The summed E-state index contributed by atoms with van der Waals surface area (Å²) < 4.78 is 0. The number of hydrogen-bond donors (Lipinski definition) is 0. The summed E-state index contributed by atoms with van der Waals surface area (Å²) in [4.78, 5) is 3.11. The molecule has 2 rings (SSSR count). The topological polar surface area (TPSA) is 14.1 Å². The predicted molar refractivity (Wildman–Crippen MR) is 45.5 cm³/mol. The maximum atomic E-state index is 5.80. The van der Waals surface area contributed by atoms with Crippen LogP contribution in [0.4, 0.5) is 0 Å². The molecule has 0 saturated carbocycles. The van der Waals surface area contributed by atoms with Crippen molar-refractivity contribution in [3.63, 3.8) is 0 Å². The first-order chi connectivity index (χ1) is 5.36. The van der Waals surface area contributed by atoms with Gasteiger partial charge >= 0.3 is 0 Å². The standard InChI is InChI=1S/C9H6ClN/c10-8-4-3-7-2-1-5-11-9(7)6-8/h1-6H/p+1. The van der Waals surface area contributed by atoms with Crippen LogP contribution in [0.25, 0.3) is 10.9 Å². The molecule has 1 aromatic carbocycles. The molecule has 0 aliphatic rings. The van der Waals surface area contributed by atoms with E-state index in [4.69, 9.17) is 11.6 Å². The molecule has 1 heterocycles. The molecule has 0 atom stereocenters. The van der Waals surface area contributed by atoms with Crippen molar-refractivity contribution in [2.24, 2.45) is 0 Å². The molecule has 1 nitrogen and oxygen atoms in total. The third-order valence-corrected chi connectivity index (χ3v) is 1.86. The first-order valence-corrected chi connectivity index (χ1v) is 3.80. The Balaban J connectivity index is 2.83. The number of rotatable bonds is 0. The van der Waals surface area contributed by atoms with Crippen molar-refractivity contribution in [1.82, 2.24) is 0 Å². The van der Waals surface area contributed by atoms with Crippen molar-refractivity contribution < 1.29 is 4.98 Å². The van der Waals surface area contributed by atoms with Gasteiger partial charge in [-0.15, -0.1) is 0 Å². The molecule has 54 valence electrons.